The molecule has 0 saturated heterocycles. The quantitative estimate of drug-likeness (QED) is 0.591. The van der Waals surface area contributed by atoms with Gasteiger partial charge in [0.25, 0.3) is 0 Å². The molecule has 0 bridgehead atoms. The minimum Gasteiger partial charge on any atom is -0.291 e. The highest BCUT2D eigenvalue weighted by atomic mass is 35.5. The number of sulfone groups is 1. The molecule has 1 aliphatic carbocycles. The third-order valence-corrected chi connectivity index (χ3v) is 11.5. The molecule has 0 amide bonds. The SMILES string of the molecule is CN(c1c(Cl)ccc(C2C(=O)c3ncccc3C(C)(C)S2(=O)=O)c1Cl)S(=O)(=O)CC1CC1. The van der Waals surface area contributed by atoms with Gasteiger partial charge in [0, 0.05) is 18.8 Å². The van der Waals surface area contributed by atoms with Gasteiger partial charge in [-0.1, -0.05) is 35.3 Å². The van der Waals surface area contributed by atoms with Gasteiger partial charge in [0.1, 0.15) is 5.69 Å². The fraction of sp³-hybridized carbons (Fsp3) is 0.429. The normalized spacial score (nSPS) is 21.8. The van der Waals surface area contributed by atoms with Gasteiger partial charge in [-0.05, 0) is 50.3 Å². The lowest BCUT2D eigenvalue weighted by atomic mass is 9.94. The van der Waals surface area contributed by atoms with Crippen LogP contribution in [0.1, 0.15) is 53.6 Å². The van der Waals surface area contributed by atoms with E-state index in [0.29, 0.717) is 5.56 Å². The van der Waals surface area contributed by atoms with Crippen LogP contribution in [0, 0.1) is 5.92 Å². The number of Topliss-reactive ketones (excluding diaryl/α,β-unsaturated/α-hetero) is 1. The highest BCUT2D eigenvalue weighted by Crippen LogP contribution is 2.50. The fourth-order valence-electron chi connectivity index (χ4n) is 3.99. The molecule has 32 heavy (non-hydrogen) atoms. The number of hydrogen-bond acceptors (Lipinski definition) is 6. The summed E-state index contributed by atoms with van der Waals surface area (Å²) in [6, 6.07) is 5.88. The summed E-state index contributed by atoms with van der Waals surface area (Å²) >= 11 is 12.9. The maximum absolute atomic E-state index is 13.6. The number of benzene rings is 1. The third-order valence-electron chi connectivity index (χ3n) is 6.20. The average Bonchev–Trinajstić information content (AvgIpc) is 3.52. The molecule has 172 valence electrons. The first-order valence-corrected chi connectivity index (χ1v) is 13.9. The highest BCUT2D eigenvalue weighted by molar-refractivity contribution is 7.93. The average molecular weight is 517 g/mol. The Morgan fingerprint density at radius 3 is 2.47 bits per heavy atom. The number of hydrogen-bond donors (Lipinski definition) is 0. The van der Waals surface area contributed by atoms with Crippen LogP contribution in [0.2, 0.25) is 10.0 Å². The zero-order valence-electron chi connectivity index (χ0n) is 17.7. The Morgan fingerprint density at radius 1 is 1.19 bits per heavy atom. The summed E-state index contributed by atoms with van der Waals surface area (Å²) in [6.07, 6.45) is 3.10. The summed E-state index contributed by atoms with van der Waals surface area (Å²) in [5.74, 6) is -0.670. The van der Waals surface area contributed by atoms with Crippen LogP contribution in [0.4, 0.5) is 5.69 Å². The van der Waals surface area contributed by atoms with Crippen molar-refractivity contribution in [3.8, 4) is 0 Å². The molecule has 1 fully saturated rings. The number of sulfonamides is 1. The molecule has 2 aliphatic rings. The number of carbonyl (C=O) groups excluding carboxylic acids is 1. The van der Waals surface area contributed by atoms with Crippen molar-refractivity contribution in [2.24, 2.45) is 5.92 Å². The molecule has 1 aliphatic heterocycles. The molecule has 0 radical (unpaired) electrons. The molecule has 1 atom stereocenters. The third kappa shape index (κ3) is 3.54. The standard InChI is InChI=1S/C21H22Cl2N2O5S2/c1-21(2)14-5-4-10-24-17(14)19(26)20(32(21,29)30)13-8-9-15(22)18(16(13)23)25(3)31(27,28)11-12-6-7-12/h4-5,8-10,12,20H,6-7,11H2,1-3H3. The predicted molar refractivity (Wildman–Crippen MR) is 125 cm³/mol. The van der Waals surface area contributed by atoms with Crippen molar-refractivity contribution in [3.63, 3.8) is 0 Å². The lowest BCUT2D eigenvalue weighted by Gasteiger charge is -2.36. The molecule has 1 aromatic heterocycles. The maximum Gasteiger partial charge on any atom is 0.235 e. The van der Waals surface area contributed by atoms with E-state index in [4.69, 9.17) is 23.2 Å². The summed E-state index contributed by atoms with van der Waals surface area (Å²) in [5, 5.41) is -1.78. The Balaban J connectivity index is 1.89. The van der Waals surface area contributed by atoms with Crippen LogP contribution in [0.3, 0.4) is 0 Å². The van der Waals surface area contributed by atoms with E-state index in [0.717, 1.165) is 17.1 Å². The topological polar surface area (TPSA) is 101 Å². The lowest BCUT2D eigenvalue weighted by molar-refractivity contribution is 0.0975. The van der Waals surface area contributed by atoms with Gasteiger partial charge in [0.15, 0.2) is 15.1 Å². The molecule has 1 aromatic carbocycles. The summed E-state index contributed by atoms with van der Waals surface area (Å²) in [7, 11) is -6.54. The number of nitrogens with zero attached hydrogens (tertiary/aromatic N) is 2. The van der Waals surface area contributed by atoms with Crippen molar-refractivity contribution in [1.29, 1.82) is 0 Å². The molecule has 2 aromatic rings. The molecule has 1 saturated carbocycles. The van der Waals surface area contributed by atoms with Crippen LogP contribution in [-0.2, 0) is 24.6 Å². The number of halogens is 2. The van der Waals surface area contributed by atoms with Crippen LogP contribution < -0.4 is 4.31 Å². The zero-order valence-corrected chi connectivity index (χ0v) is 20.8. The van der Waals surface area contributed by atoms with E-state index in [1.807, 2.05) is 0 Å². The van der Waals surface area contributed by atoms with Crippen molar-refractivity contribution >= 4 is 54.5 Å². The van der Waals surface area contributed by atoms with Gasteiger partial charge in [-0.15, -0.1) is 0 Å². The number of pyridine rings is 1. The van der Waals surface area contributed by atoms with Gasteiger partial charge >= 0.3 is 0 Å². The number of ketones is 1. The van der Waals surface area contributed by atoms with Gasteiger partial charge in [-0.3, -0.25) is 14.1 Å². The molecular formula is C21H22Cl2N2O5S2. The Morgan fingerprint density at radius 2 is 1.84 bits per heavy atom. The molecule has 4 rings (SSSR count). The Hall–Kier alpha value is -1.68. The van der Waals surface area contributed by atoms with Crippen molar-refractivity contribution < 1.29 is 21.6 Å². The number of carbonyl (C=O) groups is 1. The molecule has 0 N–H and O–H groups in total. The molecule has 1 unspecified atom stereocenters. The van der Waals surface area contributed by atoms with Crippen LogP contribution in [-0.4, -0.2) is 40.4 Å². The highest BCUT2D eigenvalue weighted by Gasteiger charge is 2.53. The number of fused-ring (bicyclic) bond motifs is 1. The summed E-state index contributed by atoms with van der Waals surface area (Å²) < 4.78 is 52.5. The molecular weight excluding hydrogens is 495 g/mol. The Kier molecular flexibility index (Phi) is 5.64. The second-order valence-electron chi connectivity index (χ2n) is 8.69. The first-order chi connectivity index (χ1) is 14.8. The number of aromatic nitrogens is 1. The second kappa shape index (κ2) is 7.68. The Bertz CT molecular complexity index is 1340. The smallest absolute Gasteiger partial charge is 0.235 e. The van der Waals surface area contributed by atoms with E-state index < -0.39 is 35.6 Å². The largest absolute Gasteiger partial charge is 0.291 e. The number of rotatable bonds is 5. The monoisotopic (exact) mass is 516 g/mol. The van der Waals surface area contributed by atoms with Gasteiger partial charge in [0.05, 0.1) is 26.2 Å². The molecule has 11 heteroatoms. The van der Waals surface area contributed by atoms with Crippen LogP contribution in [0.5, 0.6) is 0 Å². The van der Waals surface area contributed by atoms with Gasteiger partial charge in [-0.25, -0.2) is 16.8 Å². The molecule has 0 spiro atoms. The fourth-order valence-corrected chi connectivity index (χ4v) is 8.49. The number of anilines is 1. The van der Waals surface area contributed by atoms with Gasteiger partial charge < -0.3 is 0 Å². The summed E-state index contributed by atoms with van der Waals surface area (Å²) in [4.78, 5) is 17.5. The van der Waals surface area contributed by atoms with Crippen molar-refractivity contribution in [1.82, 2.24) is 4.98 Å². The first-order valence-electron chi connectivity index (χ1n) is 9.98. The summed E-state index contributed by atoms with van der Waals surface area (Å²) in [6.45, 7) is 3.03. The second-order valence-corrected chi connectivity index (χ2v) is 14.1. The lowest BCUT2D eigenvalue weighted by Crippen LogP contribution is -2.43. The minimum absolute atomic E-state index is 0.0195. The van der Waals surface area contributed by atoms with E-state index in [1.165, 1.54) is 39.2 Å². The minimum atomic E-state index is -4.12. The van der Waals surface area contributed by atoms with E-state index in [1.54, 1.807) is 12.1 Å². The maximum atomic E-state index is 13.6. The van der Waals surface area contributed by atoms with Crippen LogP contribution in [0.25, 0.3) is 0 Å². The predicted octanol–water partition coefficient (Wildman–Crippen LogP) is 4.15. The van der Waals surface area contributed by atoms with Crippen molar-refractivity contribution in [2.75, 3.05) is 17.1 Å². The van der Waals surface area contributed by atoms with Crippen LogP contribution >= 0.6 is 23.2 Å². The Labute approximate surface area is 197 Å². The summed E-state index contributed by atoms with van der Waals surface area (Å²) in [5.41, 5.74) is 0.309. The molecule has 7 nitrogen and oxygen atoms in total. The van der Waals surface area contributed by atoms with E-state index in [-0.39, 0.29) is 38.7 Å². The van der Waals surface area contributed by atoms with E-state index in [2.05, 4.69) is 4.98 Å². The van der Waals surface area contributed by atoms with Crippen molar-refractivity contribution in [2.45, 2.75) is 36.7 Å². The molecule has 2 heterocycles. The van der Waals surface area contributed by atoms with Gasteiger partial charge in [-0.2, -0.15) is 0 Å². The first kappa shape index (κ1) is 23.5. The van der Waals surface area contributed by atoms with Gasteiger partial charge in [0.2, 0.25) is 15.8 Å². The van der Waals surface area contributed by atoms with E-state index in [9.17, 15) is 21.6 Å². The zero-order chi connectivity index (χ0) is 23.6. The van der Waals surface area contributed by atoms with Crippen molar-refractivity contribution in [3.05, 3.63) is 57.3 Å². The van der Waals surface area contributed by atoms with E-state index >= 15 is 0 Å². The van der Waals surface area contributed by atoms with Crippen LogP contribution in [0.15, 0.2) is 30.5 Å².